The predicted octanol–water partition coefficient (Wildman–Crippen LogP) is 2.28. The van der Waals surface area contributed by atoms with E-state index >= 15 is 0 Å². The van der Waals surface area contributed by atoms with Crippen LogP contribution in [-0.2, 0) is 9.47 Å². The highest BCUT2D eigenvalue weighted by atomic mass is 28.3. The molecule has 1 unspecified atom stereocenters. The van der Waals surface area contributed by atoms with E-state index in [1.165, 1.54) is 6.42 Å². The monoisotopic (exact) mass is 230 g/mol. The molecular weight excluding hydrogens is 208 g/mol. The van der Waals surface area contributed by atoms with Gasteiger partial charge in [-0.3, -0.25) is 0 Å². The maximum atomic E-state index is 5.50. The van der Waals surface area contributed by atoms with Crippen LogP contribution in [0.1, 0.15) is 32.6 Å². The molecule has 1 saturated heterocycles. The van der Waals surface area contributed by atoms with Gasteiger partial charge in [-0.25, -0.2) is 9.89 Å². The third-order valence-electron chi connectivity index (χ3n) is 3.03. The quantitative estimate of drug-likeness (QED) is 0.304. The Kier molecular flexibility index (Phi) is 5.42. The second-order valence-corrected chi connectivity index (χ2v) is 6.68. The van der Waals surface area contributed by atoms with Gasteiger partial charge in [-0.05, 0) is 25.3 Å². The number of unbranched alkanes of at least 4 members (excludes halogenated alkanes) is 1. The Labute approximate surface area is 93.7 Å². The fourth-order valence-electron chi connectivity index (χ4n) is 2.02. The van der Waals surface area contributed by atoms with Crippen molar-refractivity contribution in [2.75, 3.05) is 20.8 Å². The zero-order valence-corrected chi connectivity index (χ0v) is 11.2. The van der Waals surface area contributed by atoms with Crippen LogP contribution >= 0.6 is 0 Å². The van der Waals surface area contributed by atoms with Crippen molar-refractivity contribution in [3.63, 3.8) is 0 Å². The van der Waals surface area contributed by atoms with E-state index in [4.69, 9.17) is 9.47 Å². The molecule has 4 nitrogen and oxygen atoms in total. The zero-order chi connectivity index (χ0) is 11.1. The third-order valence-corrected chi connectivity index (χ3v) is 6.21. The highest BCUT2D eigenvalue weighted by Gasteiger charge is 2.46. The van der Waals surface area contributed by atoms with Gasteiger partial charge >= 0.3 is 0 Å². The van der Waals surface area contributed by atoms with Gasteiger partial charge in [0.15, 0.2) is 5.41 Å². The molecule has 0 bridgehead atoms. The minimum atomic E-state index is -1.36. The van der Waals surface area contributed by atoms with E-state index in [-0.39, 0.29) is 5.41 Å². The lowest BCUT2D eigenvalue weighted by Crippen LogP contribution is -2.43. The van der Waals surface area contributed by atoms with Crippen molar-refractivity contribution in [3.05, 3.63) is 0 Å². The van der Waals surface area contributed by atoms with E-state index in [0.29, 0.717) is 0 Å². The van der Waals surface area contributed by atoms with Gasteiger partial charge in [0.2, 0.25) is 0 Å². The third kappa shape index (κ3) is 3.09. The summed E-state index contributed by atoms with van der Waals surface area (Å²) >= 11 is 0. The van der Waals surface area contributed by atoms with Crippen LogP contribution < -0.4 is 0 Å². The standard InChI is InChI=1S/C10H22N2O2Si/c1-4-5-8-11-12-15-9-6-7-10(15,13-2)14-3/h15H,4-9H2,1-3H3. The molecule has 88 valence electrons. The van der Waals surface area contributed by atoms with Crippen LogP contribution in [0.5, 0.6) is 0 Å². The molecule has 0 aromatic carbocycles. The molecule has 0 amide bonds. The van der Waals surface area contributed by atoms with Gasteiger partial charge in [-0.1, -0.05) is 13.3 Å². The first kappa shape index (κ1) is 12.8. The van der Waals surface area contributed by atoms with Gasteiger partial charge in [-0.2, -0.15) is 0 Å². The van der Waals surface area contributed by atoms with E-state index in [9.17, 15) is 0 Å². The topological polar surface area (TPSA) is 43.2 Å². The molecule has 1 aliphatic heterocycles. The lowest BCUT2D eigenvalue weighted by Gasteiger charge is -2.28. The van der Waals surface area contributed by atoms with E-state index in [2.05, 4.69) is 16.8 Å². The van der Waals surface area contributed by atoms with Crippen molar-refractivity contribution in [2.24, 2.45) is 9.89 Å². The van der Waals surface area contributed by atoms with Gasteiger partial charge in [0.05, 0.1) is 6.54 Å². The van der Waals surface area contributed by atoms with Crippen LogP contribution in [0.25, 0.3) is 0 Å². The molecule has 0 saturated carbocycles. The Hall–Kier alpha value is -0.263. The number of hydrogen-bond acceptors (Lipinski definition) is 4. The summed E-state index contributed by atoms with van der Waals surface area (Å²) in [5, 5.41) is 4.26. The highest BCUT2D eigenvalue weighted by Crippen LogP contribution is 2.33. The molecule has 1 fully saturated rings. The summed E-state index contributed by atoms with van der Waals surface area (Å²) in [5.41, 5.74) is -0.379. The van der Waals surface area contributed by atoms with E-state index in [1.54, 1.807) is 14.2 Å². The molecule has 0 aromatic heterocycles. The smallest absolute Gasteiger partial charge is 0.259 e. The van der Waals surface area contributed by atoms with Crippen LogP contribution in [0.15, 0.2) is 9.89 Å². The summed E-state index contributed by atoms with van der Waals surface area (Å²) in [6.07, 6.45) is 4.43. The Morgan fingerprint density at radius 3 is 2.67 bits per heavy atom. The molecule has 0 N–H and O–H groups in total. The minimum Gasteiger partial charge on any atom is -0.355 e. The summed E-state index contributed by atoms with van der Waals surface area (Å²) < 4.78 is 15.5. The molecule has 1 rings (SSSR count). The van der Waals surface area contributed by atoms with Crippen molar-refractivity contribution in [1.82, 2.24) is 0 Å². The summed E-state index contributed by atoms with van der Waals surface area (Å²) in [4.78, 5) is 0. The first-order valence-electron chi connectivity index (χ1n) is 5.76. The average Bonchev–Trinajstić information content (AvgIpc) is 2.68. The molecule has 0 aromatic rings. The van der Waals surface area contributed by atoms with Crippen molar-refractivity contribution >= 4 is 8.96 Å². The van der Waals surface area contributed by atoms with E-state index < -0.39 is 8.96 Å². The SMILES string of the molecule is CCCCN=N[SiH]1CCCC1(OC)OC. The van der Waals surface area contributed by atoms with Crippen molar-refractivity contribution in [3.8, 4) is 0 Å². The van der Waals surface area contributed by atoms with Gasteiger partial charge in [-0.15, -0.1) is 0 Å². The number of ether oxygens (including phenoxy) is 2. The van der Waals surface area contributed by atoms with Crippen LogP contribution in [0.3, 0.4) is 0 Å². The maximum absolute atomic E-state index is 5.50. The van der Waals surface area contributed by atoms with Crippen molar-refractivity contribution in [2.45, 2.75) is 44.1 Å². The van der Waals surface area contributed by atoms with Crippen molar-refractivity contribution < 1.29 is 9.47 Å². The zero-order valence-electron chi connectivity index (χ0n) is 10.0. The Morgan fingerprint density at radius 1 is 1.33 bits per heavy atom. The molecule has 5 heteroatoms. The van der Waals surface area contributed by atoms with Gasteiger partial charge in [0.1, 0.15) is 0 Å². The van der Waals surface area contributed by atoms with Crippen LogP contribution in [0.2, 0.25) is 6.04 Å². The number of methoxy groups -OCH3 is 2. The molecule has 1 aliphatic rings. The first-order chi connectivity index (χ1) is 7.29. The molecule has 0 aliphatic carbocycles. The number of nitrogens with zero attached hydrogens (tertiary/aromatic N) is 2. The van der Waals surface area contributed by atoms with Crippen LogP contribution in [0, 0.1) is 0 Å². The maximum Gasteiger partial charge on any atom is 0.259 e. The molecule has 15 heavy (non-hydrogen) atoms. The number of rotatable bonds is 6. The van der Waals surface area contributed by atoms with Crippen LogP contribution in [-0.4, -0.2) is 35.1 Å². The second kappa shape index (κ2) is 6.35. The minimum absolute atomic E-state index is 0.379. The summed E-state index contributed by atoms with van der Waals surface area (Å²) in [5.74, 6) is 0. The predicted molar refractivity (Wildman–Crippen MR) is 62.6 cm³/mol. The molecule has 0 radical (unpaired) electrons. The van der Waals surface area contributed by atoms with E-state index in [0.717, 1.165) is 31.9 Å². The summed E-state index contributed by atoms with van der Waals surface area (Å²) in [6, 6.07) is 1.15. The van der Waals surface area contributed by atoms with Gasteiger partial charge in [0.25, 0.3) is 8.96 Å². The Morgan fingerprint density at radius 2 is 2.07 bits per heavy atom. The van der Waals surface area contributed by atoms with E-state index in [1.807, 2.05) is 0 Å². The largest absolute Gasteiger partial charge is 0.355 e. The Bertz CT molecular complexity index is 208. The molecule has 1 atom stereocenters. The summed E-state index contributed by atoms with van der Waals surface area (Å²) in [6.45, 7) is 3.01. The fourth-order valence-corrected chi connectivity index (χ4v) is 4.73. The molecular formula is C10H22N2O2Si. The first-order valence-corrected chi connectivity index (χ1v) is 7.67. The molecule has 0 spiro atoms. The highest BCUT2D eigenvalue weighted by molar-refractivity contribution is 6.60. The lowest BCUT2D eigenvalue weighted by molar-refractivity contribution is -0.146. The average molecular weight is 230 g/mol. The van der Waals surface area contributed by atoms with Crippen molar-refractivity contribution in [1.29, 1.82) is 0 Å². The normalized spacial score (nSPS) is 25.1. The van der Waals surface area contributed by atoms with Crippen LogP contribution in [0.4, 0.5) is 0 Å². The lowest BCUT2D eigenvalue weighted by atomic mass is 10.3. The fraction of sp³-hybridized carbons (Fsp3) is 1.00. The Balaban J connectivity index is 2.48. The molecule has 1 heterocycles. The van der Waals surface area contributed by atoms with Gasteiger partial charge < -0.3 is 9.47 Å². The summed E-state index contributed by atoms with van der Waals surface area (Å²) in [7, 11) is 2.08. The van der Waals surface area contributed by atoms with Gasteiger partial charge in [0, 0.05) is 14.2 Å². The second-order valence-electron chi connectivity index (χ2n) is 3.96. The number of hydrogen-bond donors (Lipinski definition) is 0.